The van der Waals surface area contributed by atoms with Gasteiger partial charge in [0.15, 0.2) is 0 Å². The molecule has 2 aliphatic rings. The van der Waals surface area contributed by atoms with Crippen LogP contribution >= 0.6 is 81.9 Å². The van der Waals surface area contributed by atoms with E-state index in [1.54, 1.807) is 11.3 Å². The number of hydrogen-bond acceptors (Lipinski definition) is 9. The topological polar surface area (TPSA) is 34.1 Å². The summed E-state index contributed by atoms with van der Waals surface area (Å²) in [7, 11) is 0. The Morgan fingerprint density at radius 1 is 0.862 bits per heavy atom. The molecule has 0 radical (unpaired) electrons. The van der Waals surface area contributed by atoms with Gasteiger partial charge in [-0.3, -0.25) is 9.59 Å². The molecular formula is C20H20O2S7. The summed E-state index contributed by atoms with van der Waals surface area (Å²) in [6.45, 7) is 11.4. The molecule has 2 aliphatic heterocycles. The molecule has 0 fully saturated rings. The highest BCUT2D eigenvalue weighted by Crippen LogP contribution is 2.61. The average Bonchev–Trinajstić information content (AvgIpc) is 3.42. The van der Waals surface area contributed by atoms with Gasteiger partial charge in [-0.05, 0) is 57.7 Å². The van der Waals surface area contributed by atoms with Crippen LogP contribution in [-0.2, 0) is 9.59 Å². The molecule has 0 bridgehead atoms. The maximum atomic E-state index is 11.6. The van der Waals surface area contributed by atoms with Crippen LogP contribution in [0.15, 0.2) is 55.7 Å². The van der Waals surface area contributed by atoms with Crippen molar-refractivity contribution >= 4 is 92.1 Å². The number of thioether (sulfide) groups is 6. The van der Waals surface area contributed by atoms with Crippen molar-refractivity contribution in [2.75, 3.05) is 11.5 Å². The van der Waals surface area contributed by atoms with Crippen LogP contribution < -0.4 is 0 Å². The van der Waals surface area contributed by atoms with Gasteiger partial charge in [0.25, 0.3) is 0 Å². The van der Waals surface area contributed by atoms with Crippen LogP contribution in [0, 0.1) is 0 Å². The van der Waals surface area contributed by atoms with Crippen molar-refractivity contribution in [1.29, 1.82) is 0 Å². The predicted molar refractivity (Wildman–Crippen MR) is 141 cm³/mol. The molecule has 0 aromatic carbocycles. The highest BCUT2D eigenvalue weighted by Gasteiger charge is 2.32. The SMILES string of the molecule is C=CC(=O)SCC1=C(C)SC(c2cscc2C2SC(C)=C(CSC(=O)C=C)S2)S1. The summed E-state index contributed by atoms with van der Waals surface area (Å²) in [4.78, 5) is 28.3. The Kier molecular flexibility index (Phi) is 9.10. The third kappa shape index (κ3) is 6.08. The first-order valence-electron chi connectivity index (χ1n) is 8.63. The minimum absolute atomic E-state index is 0.0243. The number of carbonyl (C=O) groups excluding carboxylic acids is 2. The molecule has 3 rings (SSSR count). The Balaban J connectivity index is 1.64. The molecule has 1 aromatic rings. The summed E-state index contributed by atoms with van der Waals surface area (Å²) in [5, 5.41) is 4.58. The molecule has 1 aromatic heterocycles. The largest absolute Gasteiger partial charge is 0.282 e. The van der Waals surface area contributed by atoms with Gasteiger partial charge in [-0.2, -0.15) is 11.3 Å². The van der Waals surface area contributed by atoms with Crippen LogP contribution in [0.25, 0.3) is 0 Å². The normalized spacial score (nSPS) is 21.7. The molecule has 0 N–H and O–H groups in total. The van der Waals surface area contributed by atoms with Crippen LogP contribution in [0.5, 0.6) is 0 Å². The molecule has 3 heterocycles. The van der Waals surface area contributed by atoms with Crippen molar-refractivity contribution in [3.63, 3.8) is 0 Å². The van der Waals surface area contributed by atoms with E-state index in [1.165, 1.54) is 66.4 Å². The van der Waals surface area contributed by atoms with E-state index in [-0.39, 0.29) is 10.2 Å². The predicted octanol–water partition coefficient (Wildman–Crippen LogP) is 8.06. The quantitative estimate of drug-likeness (QED) is 0.321. The second-order valence-corrected chi connectivity index (χ2v) is 14.3. The highest BCUT2D eigenvalue weighted by molar-refractivity contribution is 8.24. The van der Waals surface area contributed by atoms with Crippen LogP contribution in [0.2, 0.25) is 0 Å². The van der Waals surface area contributed by atoms with Crippen molar-refractivity contribution in [3.8, 4) is 0 Å². The maximum absolute atomic E-state index is 11.6. The van der Waals surface area contributed by atoms with Gasteiger partial charge < -0.3 is 0 Å². The fraction of sp³-hybridized carbons (Fsp3) is 0.300. The smallest absolute Gasteiger partial charge is 0.211 e. The molecular weight excluding hydrogens is 497 g/mol. The molecule has 0 aliphatic carbocycles. The monoisotopic (exact) mass is 516 g/mol. The highest BCUT2D eigenvalue weighted by atomic mass is 32.2. The van der Waals surface area contributed by atoms with Gasteiger partial charge in [-0.15, -0.1) is 47.0 Å². The van der Waals surface area contributed by atoms with Gasteiger partial charge in [0, 0.05) is 21.3 Å². The lowest BCUT2D eigenvalue weighted by Crippen LogP contribution is -1.93. The lowest BCUT2D eigenvalue weighted by Gasteiger charge is -2.15. The molecule has 2 atom stereocenters. The van der Waals surface area contributed by atoms with Crippen molar-refractivity contribution in [3.05, 3.63) is 66.8 Å². The Bertz CT molecular complexity index is 826. The van der Waals surface area contributed by atoms with Gasteiger partial charge in [-0.1, -0.05) is 36.7 Å². The first-order chi connectivity index (χ1) is 13.9. The number of carbonyl (C=O) groups is 2. The van der Waals surface area contributed by atoms with E-state index in [0.29, 0.717) is 9.16 Å². The van der Waals surface area contributed by atoms with Crippen molar-refractivity contribution in [1.82, 2.24) is 0 Å². The number of rotatable bonds is 8. The summed E-state index contributed by atoms with van der Waals surface area (Å²) >= 11 is 11.9. The summed E-state index contributed by atoms with van der Waals surface area (Å²) in [5.74, 6) is 1.44. The first-order valence-corrected chi connectivity index (χ1v) is 15.1. The van der Waals surface area contributed by atoms with Crippen LogP contribution in [-0.4, -0.2) is 21.7 Å². The van der Waals surface area contributed by atoms with Gasteiger partial charge in [-0.25, -0.2) is 0 Å². The Morgan fingerprint density at radius 2 is 1.28 bits per heavy atom. The lowest BCUT2D eigenvalue weighted by atomic mass is 10.2. The Morgan fingerprint density at radius 3 is 1.66 bits per heavy atom. The fourth-order valence-electron chi connectivity index (χ4n) is 2.54. The molecule has 2 unspecified atom stereocenters. The van der Waals surface area contributed by atoms with Crippen molar-refractivity contribution in [2.24, 2.45) is 0 Å². The molecule has 9 heteroatoms. The Hall–Kier alpha value is 0.1000. The van der Waals surface area contributed by atoms with Crippen LogP contribution in [0.1, 0.15) is 34.1 Å². The number of allylic oxidation sites excluding steroid dienone is 2. The summed E-state index contributed by atoms with van der Waals surface area (Å²) in [5.41, 5.74) is 2.77. The van der Waals surface area contributed by atoms with Gasteiger partial charge in [0.2, 0.25) is 10.2 Å². The number of thiophene rings is 1. The third-order valence-corrected chi connectivity index (χ3v) is 13.0. The third-order valence-electron chi connectivity index (χ3n) is 4.11. The van der Waals surface area contributed by atoms with E-state index in [9.17, 15) is 9.59 Å². The van der Waals surface area contributed by atoms with E-state index < -0.39 is 0 Å². The van der Waals surface area contributed by atoms with Crippen LogP contribution in [0.3, 0.4) is 0 Å². The Labute approximate surface area is 201 Å². The van der Waals surface area contributed by atoms with Crippen LogP contribution in [0.4, 0.5) is 0 Å². The second-order valence-electron chi connectivity index (χ2n) is 6.00. The lowest BCUT2D eigenvalue weighted by molar-refractivity contribution is -0.107. The fourth-order valence-corrected chi connectivity index (χ4v) is 11.8. The molecule has 29 heavy (non-hydrogen) atoms. The summed E-state index contributed by atoms with van der Waals surface area (Å²) in [6, 6.07) is 0. The standard InChI is InChI=1S/C20H20O2S7/c1-5-17(21)24-9-15-11(3)26-19(28-15)13-7-23-8-14(13)20-27-12(4)16(29-20)10-25-18(22)6-2/h5-8,19-20H,1-2,9-10H2,3-4H3. The van der Waals surface area contributed by atoms with Gasteiger partial charge in [0.05, 0.1) is 9.16 Å². The number of hydrogen-bond donors (Lipinski definition) is 0. The summed E-state index contributed by atoms with van der Waals surface area (Å²) < 4.78 is 0.681. The van der Waals surface area contributed by atoms with E-state index in [2.05, 4.69) is 37.8 Å². The molecule has 0 saturated heterocycles. The van der Waals surface area contributed by atoms with Crippen molar-refractivity contribution < 1.29 is 9.59 Å². The molecule has 0 amide bonds. The van der Waals surface area contributed by atoms with E-state index in [1.807, 2.05) is 47.0 Å². The zero-order valence-corrected chi connectivity index (χ0v) is 21.7. The second kappa shape index (κ2) is 11.1. The van der Waals surface area contributed by atoms with Crippen molar-refractivity contribution in [2.45, 2.75) is 23.0 Å². The van der Waals surface area contributed by atoms with Gasteiger partial charge >= 0.3 is 0 Å². The molecule has 154 valence electrons. The molecule has 0 saturated carbocycles. The first kappa shape index (κ1) is 23.8. The van der Waals surface area contributed by atoms with E-state index in [0.717, 1.165) is 11.5 Å². The average molecular weight is 517 g/mol. The zero-order chi connectivity index (χ0) is 21.0. The van der Waals surface area contributed by atoms with Gasteiger partial charge in [0.1, 0.15) is 0 Å². The van der Waals surface area contributed by atoms with E-state index in [4.69, 9.17) is 0 Å². The summed E-state index contributed by atoms with van der Waals surface area (Å²) in [6.07, 6.45) is 2.76. The van der Waals surface area contributed by atoms with E-state index >= 15 is 0 Å². The minimum atomic E-state index is 0.0243. The minimum Gasteiger partial charge on any atom is -0.282 e. The maximum Gasteiger partial charge on any atom is 0.211 e. The molecule has 0 spiro atoms. The molecule has 2 nitrogen and oxygen atoms in total. The zero-order valence-electron chi connectivity index (χ0n) is 16.0.